The maximum absolute atomic E-state index is 11.7. The van der Waals surface area contributed by atoms with Crippen LogP contribution < -0.4 is 5.32 Å². The van der Waals surface area contributed by atoms with Crippen molar-refractivity contribution in [3.05, 3.63) is 45.5 Å². The molecule has 2 heterocycles. The van der Waals surface area contributed by atoms with Crippen LogP contribution in [0.1, 0.15) is 60.8 Å². The zero-order chi connectivity index (χ0) is 19.3. The van der Waals surface area contributed by atoms with Gasteiger partial charge in [0.15, 0.2) is 0 Å². The second kappa shape index (κ2) is 6.63. The van der Waals surface area contributed by atoms with Gasteiger partial charge in [0.05, 0.1) is 10.8 Å². The molecule has 3 aliphatic rings. The second-order valence-corrected chi connectivity index (χ2v) is 10.3. The number of carbonyl (C=O) groups is 1. The van der Waals surface area contributed by atoms with E-state index < -0.39 is 11.4 Å². The maximum Gasteiger partial charge on any atom is 0.314 e. The van der Waals surface area contributed by atoms with E-state index in [9.17, 15) is 9.90 Å². The summed E-state index contributed by atoms with van der Waals surface area (Å²) >= 11 is 1.69. The summed E-state index contributed by atoms with van der Waals surface area (Å²) in [5, 5.41) is 13.5. The van der Waals surface area contributed by atoms with Crippen molar-refractivity contribution < 1.29 is 9.90 Å². The van der Waals surface area contributed by atoms with E-state index in [1.54, 1.807) is 25.6 Å². The number of thioether (sulfide) groups is 1. The van der Waals surface area contributed by atoms with Crippen LogP contribution in [0.4, 0.5) is 0 Å². The van der Waals surface area contributed by atoms with Crippen molar-refractivity contribution in [3.63, 3.8) is 0 Å². The van der Waals surface area contributed by atoms with E-state index in [1.165, 1.54) is 22.4 Å². The number of hydrogen-bond donors (Lipinski definition) is 2. The van der Waals surface area contributed by atoms with Gasteiger partial charge in [-0.25, -0.2) is 0 Å². The van der Waals surface area contributed by atoms with E-state index in [1.807, 2.05) is 0 Å². The number of allylic oxidation sites excluding steroid dienone is 3. The predicted molar refractivity (Wildman–Crippen MR) is 110 cm³/mol. The first-order valence-corrected chi connectivity index (χ1v) is 10.5. The standard InChI is InChI=1S/C22H31NO2S/c1-7-8-15-16-10-17(22(5,6)20(24)25)26-19(16)23-18(15)14-9-13(2)11-21(3,4)12-14/h9-10,12,16,19,23H,7-8,11H2,1-6H3,(H,24,25)/t16-,19?/m0/s1. The topological polar surface area (TPSA) is 49.3 Å². The van der Waals surface area contributed by atoms with Gasteiger partial charge in [-0.1, -0.05) is 51.0 Å². The summed E-state index contributed by atoms with van der Waals surface area (Å²) in [5.41, 5.74) is 4.81. The number of aliphatic carboxylic acids is 1. The molecule has 4 heteroatoms. The van der Waals surface area contributed by atoms with E-state index in [0.29, 0.717) is 5.92 Å². The zero-order valence-corrected chi connectivity index (χ0v) is 17.6. The van der Waals surface area contributed by atoms with Crippen LogP contribution in [0, 0.1) is 16.7 Å². The van der Waals surface area contributed by atoms with E-state index in [2.05, 4.69) is 51.2 Å². The Morgan fingerprint density at radius 3 is 2.69 bits per heavy atom. The second-order valence-electron chi connectivity index (χ2n) is 9.08. The van der Waals surface area contributed by atoms with Crippen molar-refractivity contribution in [2.24, 2.45) is 16.7 Å². The minimum absolute atomic E-state index is 0.178. The number of carboxylic acid groups (broad SMARTS) is 1. The average molecular weight is 374 g/mol. The molecule has 0 fully saturated rings. The van der Waals surface area contributed by atoms with E-state index >= 15 is 0 Å². The molecule has 2 atom stereocenters. The third-order valence-electron chi connectivity index (χ3n) is 5.56. The van der Waals surface area contributed by atoms with Gasteiger partial charge < -0.3 is 10.4 Å². The Kier molecular flexibility index (Phi) is 4.93. The molecule has 0 amide bonds. The molecule has 0 aromatic carbocycles. The van der Waals surface area contributed by atoms with Crippen LogP contribution in [0.3, 0.4) is 0 Å². The van der Waals surface area contributed by atoms with Crippen LogP contribution in [0.2, 0.25) is 0 Å². The molecule has 0 bridgehead atoms. The van der Waals surface area contributed by atoms with Gasteiger partial charge in [-0.05, 0) is 50.2 Å². The molecule has 0 aromatic rings. The highest BCUT2D eigenvalue weighted by Crippen LogP contribution is 2.52. The number of carboxylic acids is 1. The third kappa shape index (κ3) is 3.40. The molecular weight excluding hydrogens is 342 g/mol. The molecule has 1 aliphatic carbocycles. The fourth-order valence-corrected chi connectivity index (χ4v) is 5.73. The number of hydrogen-bond acceptors (Lipinski definition) is 3. The van der Waals surface area contributed by atoms with Crippen LogP contribution in [-0.4, -0.2) is 16.4 Å². The highest BCUT2D eigenvalue weighted by atomic mass is 32.2. The van der Waals surface area contributed by atoms with Gasteiger partial charge in [0, 0.05) is 16.5 Å². The fraction of sp³-hybridized carbons (Fsp3) is 0.591. The predicted octanol–water partition coefficient (Wildman–Crippen LogP) is 5.63. The van der Waals surface area contributed by atoms with Crippen LogP contribution in [0.25, 0.3) is 0 Å². The number of fused-ring (bicyclic) bond motifs is 1. The van der Waals surface area contributed by atoms with Crippen molar-refractivity contribution in [3.8, 4) is 0 Å². The van der Waals surface area contributed by atoms with E-state index in [0.717, 1.165) is 24.2 Å². The molecule has 3 nitrogen and oxygen atoms in total. The van der Waals surface area contributed by atoms with Gasteiger partial charge >= 0.3 is 5.97 Å². The summed E-state index contributed by atoms with van der Waals surface area (Å²) in [7, 11) is 0. The molecule has 1 unspecified atom stereocenters. The average Bonchev–Trinajstić information content (AvgIpc) is 3.05. The maximum atomic E-state index is 11.7. The van der Waals surface area contributed by atoms with Gasteiger partial charge in [-0.15, -0.1) is 11.8 Å². The Morgan fingerprint density at radius 2 is 2.12 bits per heavy atom. The molecule has 142 valence electrons. The van der Waals surface area contributed by atoms with Gasteiger partial charge in [-0.2, -0.15) is 0 Å². The van der Waals surface area contributed by atoms with Crippen molar-refractivity contribution >= 4 is 17.7 Å². The molecule has 0 radical (unpaired) electrons. The summed E-state index contributed by atoms with van der Waals surface area (Å²) < 4.78 is 0. The smallest absolute Gasteiger partial charge is 0.314 e. The van der Waals surface area contributed by atoms with Crippen molar-refractivity contribution in [2.75, 3.05) is 0 Å². The van der Waals surface area contributed by atoms with Gasteiger partial charge in [0.25, 0.3) is 0 Å². The molecular formula is C22H31NO2S. The Bertz CT molecular complexity index is 752. The van der Waals surface area contributed by atoms with Crippen LogP contribution in [0.5, 0.6) is 0 Å². The monoisotopic (exact) mass is 373 g/mol. The molecule has 2 N–H and O–H groups in total. The largest absolute Gasteiger partial charge is 0.481 e. The van der Waals surface area contributed by atoms with Crippen molar-refractivity contribution in [1.82, 2.24) is 5.32 Å². The Morgan fingerprint density at radius 1 is 1.42 bits per heavy atom. The SMILES string of the molecule is CCCC1=C(C2=CC(C)(C)CC(C)=C2)NC2SC(C(C)(C)C(=O)O)=C[C@@H]12. The zero-order valence-electron chi connectivity index (χ0n) is 16.8. The third-order valence-corrected chi connectivity index (χ3v) is 7.13. The Balaban J connectivity index is 2.00. The lowest BCUT2D eigenvalue weighted by Gasteiger charge is -2.28. The minimum atomic E-state index is -0.823. The first kappa shape index (κ1) is 19.3. The molecule has 26 heavy (non-hydrogen) atoms. The number of nitrogens with one attached hydrogen (secondary N) is 1. The summed E-state index contributed by atoms with van der Waals surface area (Å²) in [6.45, 7) is 12.6. The van der Waals surface area contributed by atoms with Crippen LogP contribution in [0.15, 0.2) is 45.5 Å². The van der Waals surface area contributed by atoms with E-state index in [4.69, 9.17) is 0 Å². The molecule has 3 rings (SSSR count). The van der Waals surface area contributed by atoms with Crippen molar-refractivity contribution in [2.45, 2.75) is 66.2 Å². The summed E-state index contributed by atoms with van der Waals surface area (Å²) in [6, 6.07) is 0. The molecule has 0 saturated carbocycles. The van der Waals surface area contributed by atoms with Gasteiger partial charge in [0.1, 0.15) is 0 Å². The Labute approximate surface area is 161 Å². The van der Waals surface area contributed by atoms with Gasteiger partial charge in [0.2, 0.25) is 0 Å². The summed E-state index contributed by atoms with van der Waals surface area (Å²) in [6.07, 6.45) is 10.2. The van der Waals surface area contributed by atoms with E-state index in [-0.39, 0.29) is 10.8 Å². The first-order valence-electron chi connectivity index (χ1n) is 9.57. The normalized spacial score (nSPS) is 27.5. The summed E-state index contributed by atoms with van der Waals surface area (Å²) in [5.74, 6) is -0.462. The molecule has 0 aromatic heterocycles. The minimum Gasteiger partial charge on any atom is -0.481 e. The van der Waals surface area contributed by atoms with Crippen molar-refractivity contribution in [1.29, 1.82) is 0 Å². The quantitative estimate of drug-likeness (QED) is 0.656. The first-order chi connectivity index (χ1) is 12.0. The summed E-state index contributed by atoms with van der Waals surface area (Å²) in [4.78, 5) is 12.6. The lowest BCUT2D eigenvalue weighted by Crippen LogP contribution is -2.26. The van der Waals surface area contributed by atoms with Crippen LogP contribution in [-0.2, 0) is 4.79 Å². The molecule has 0 spiro atoms. The number of rotatable bonds is 5. The lowest BCUT2D eigenvalue weighted by atomic mass is 9.78. The Hall–Kier alpha value is -1.42. The van der Waals surface area contributed by atoms with Gasteiger partial charge in [-0.3, -0.25) is 4.79 Å². The fourth-order valence-electron chi connectivity index (χ4n) is 4.29. The highest BCUT2D eigenvalue weighted by molar-refractivity contribution is 8.04. The van der Waals surface area contributed by atoms with Crippen LogP contribution >= 0.6 is 11.8 Å². The highest BCUT2D eigenvalue weighted by Gasteiger charge is 2.44. The lowest BCUT2D eigenvalue weighted by molar-refractivity contribution is -0.144. The molecule has 2 aliphatic heterocycles. The molecule has 0 saturated heterocycles.